The topological polar surface area (TPSA) is 62.2 Å². The first-order valence-electron chi connectivity index (χ1n) is 6.50. The maximum atomic E-state index is 13.5. The molecule has 116 valence electrons. The third-order valence-electron chi connectivity index (χ3n) is 2.76. The molecular weight excluding hydrogens is 310 g/mol. The predicted octanol–water partition coefficient (Wildman–Crippen LogP) is 2.84. The maximum absolute atomic E-state index is 13.5. The van der Waals surface area contributed by atoms with Gasteiger partial charge in [0, 0.05) is 17.7 Å². The molecule has 0 saturated heterocycles. The Labute approximate surface area is 130 Å². The van der Waals surface area contributed by atoms with Crippen LogP contribution in [0.15, 0.2) is 36.5 Å². The average molecular weight is 324 g/mol. The fourth-order valence-corrected chi connectivity index (χ4v) is 2.47. The van der Waals surface area contributed by atoms with Crippen molar-refractivity contribution in [3.63, 3.8) is 0 Å². The SMILES string of the molecule is O=C(Nc1cc(CSCCO)ccn1)c1c(F)cccc1F. The van der Waals surface area contributed by atoms with Gasteiger partial charge in [0.15, 0.2) is 0 Å². The molecule has 0 atom stereocenters. The summed E-state index contributed by atoms with van der Waals surface area (Å²) in [6.07, 6.45) is 1.50. The van der Waals surface area contributed by atoms with Crippen molar-refractivity contribution >= 4 is 23.5 Å². The van der Waals surface area contributed by atoms with Gasteiger partial charge in [-0.2, -0.15) is 11.8 Å². The van der Waals surface area contributed by atoms with Gasteiger partial charge in [0.1, 0.15) is 23.0 Å². The van der Waals surface area contributed by atoms with Crippen LogP contribution in [0.5, 0.6) is 0 Å². The number of carbonyl (C=O) groups is 1. The highest BCUT2D eigenvalue weighted by Crippen LogP contribution is 2.17. The number of nitrogens with zero attached hydrogens (tertiary/aromatic N) is 1. The number of anilines is 1. The predicted molar refractivity (Wildman–Crippen MR) is 81.8 cm³/mol. The summed E-state index contributed by atoms with van der Waals surface area (Å²) in [5.41, 5.74) is 0.252. The Morgan fingerprint density at radius 2 is 2.00 bits per heavy atom. The van der Waals surface area contributed by atoms with Gasteiger partial charge in [0.2, 0.25) is 0 Å². The Balaban J connectivity index is 2.10. The number of carbonyl (C=O) groups excluding carboxylic acids is 1. The molecule has 0 spiro atoms. The minimum absolute atomic E-state index is 0.0892. The van der Waals surface area contributed by atoms with E-state index in [2.05, 4.69) is 10.3 Å². The minimum atomic E-state index is -0.924. The van der Waals surface area contributed by atoms with Crippen molar-refractivity contribution in [2.75, 3.05) is 17.7 Å². The van der Waals surface area contributed by atoms with Gasteiger partial charge in [0.25, 0.3) is 5.91 Å². The summed E-state index contributed by atoms with van der Waals surface area (Å²) in [5.74, 6) is -1.28. The van der Waals surface area contributed by atoms with Crippen LogP contribution in [0, 0.1) is 11.6 Å². The Bertz CT molecular complexity index is 647. The molecule has 0 aliphatic heterocycles. The number of thioether (sulfide) groups is 1. The number of aliphatic hydroxyl groups is 1. The van der Waals surface area contributed by atoms with Crippen molar-refractivity contribution < 1.29 is 18.7 Å². The first-order chi connectivity index (χ1) is 10.6. The number of benzene rings is 1. The smallest absolute Gasteiger partial charge is 0.262 e. The van der Waals surface area contributed by atoms with E-state index >= 15 is 0 Å². The van der Waals surface area contributed by atoms with Gasteiger partial charge in [-0.3, -0.25) is 4.79 Å². The first-order valence-corrected chi connectivity index (χ1v) is 7.66. The van der Waals surface area contributed by atoms with E-state index in [4.69, 9.17) is 5.11 Å². The van der Waals surface area contributed by atoms with Gasteiger partial charge in [-0.05, 0) is 29.8 Å². The molecule has 2 N–H and O–H groups in total. The lowest BCUT2D eigenvalue weighted by Gasteiger charge is -2.08. The van der Waals surface area contributed by atoms with Crippen molar-refractivity contribution in [2.24, 2.45) is 0 Å². The summed E-state index contributed by atoms with van der Waals surface area (Å²) < 4.78 is 27.1. The van der Waals surface area contributed by atoms with Crippen LogP contribution in [0.25, 0.3) is 0 Å². The molecule has 0 bridgehead atoms. The van der Waals surface area contributed by atoms with E-state index in [9.17, 15) is 13.6 Å². The summed E-state index contributed by atoms with van der Waals surface area (Å²) in [6.45, 7) is 0.0892. The first kappa shape index (κ1) is 16.4. The number of aliphatic hydroxyl groups excluding tert-OH is 1. The normalized spacial score (nSPS) is 10.5. The molecule has 0 aliphatic carbocycles. The summed E-state index contributed by atoms with van der Waals surface area (Å²) in [5, 5.41) is 11.1. The summed E-state index contributed by atoms with van der Waals surface area (Å²) in [7, 11) is 0. The van der Waals surface area contributed by atoms with Gasteiger partial charge in [-0.15, -0.1) is 0 Å². The van der Waals surface area contributed by atoms with E-state index in [-0.39, 0.29) is 12.4 Å². The van der Waals surface area contributed by atoms with Gasteiger partial charge in [-0.25, -0.2) is 13.8 Å². The van der Waals surface area contributed by atoms with Gasteiger partial charge in [-0.1, -0.05) is 6.07 Å². The Morgan fingerprint density at radius 3 is 2.68 bits per heavy atom. The Hall–Kier alpha value is -1.99. The van der Waals surface area contributed by atoms with Crippen molar-refractivity contribution in [2.45, 2.75) is 5.75 Å². The van der Waals surface area contributed by atoms with E-state index in [1.54, 1.807) is 12.1 Å². The van der Waals surface area contributed by atoms with Gasteiger partial charge >= 0.3 is 0 Å². The standard InChI is InChI=1S/C15H14F2N2O2S/c16-11-2-1-3-12(17)14(11)15(21)19-13-8-10(4-5-18-13)9-22-7-6-20/h1-5,8,20H,6-7,9H2,(H,18,19,21). The molecule has 0 fully saturated rings. The summed E-state index contributed by atoms with van der Waals surface area (Å²) in [6, 6.07) is 6.63. The van der Waals surface area contributed by atoms with E-state index in [1.165, 1.54) is 24.0 Å². The third kappa shape index (κ3) is 4.25. The zero-order chi connectivity index (χ0) is 15.9. The summed E-state index contributed by atoms with van der Waals surface area (Å²) in [4.78, 5) is 15.9. The number of nitrogens with one attached hydrogen (secondary N) is 1. The monoisotopic (exact) mass is 324 g/mol. The van der Waals surface area contributed by atoms with Crippen molar-refractivity contribution in [3.8, 4) is 0 Å². The molecule has 0 unspecified atom stereocenters. The number of aromatic nitrogens is 1. The molecule has 0 radical (unpaired) electrons. The van der Waals surface area contributed by atoms with E-state index in [0.29, 0.717) is 11.5 Å². The van der Waals surface area contributed by atoms with E-state index < -0.39 is 23.1 Å². The molecular formula is C15H14F2N2O2S. The molecule has 0 aliphatic rings. The second-order valence-corrected chi connectivity index (χ2v) is 5.48. The molecule has 2 rings (SSSR count). The molecule has 7 heteroatoms. The zero-order valence-electron chi connectivity index (χ0n) is 11.6. The third-order valence-corrected chi connectivity index (χ3v) is 3.77. The van der Waals surface area contributed by atoms with Crippen LogP contribution in [-0.2, 0) is 5.75 Å². The number of hydrogen-bond acceptors (Lipinski definition) is 4. The lowest BCUT2D eigenvalue weighted by molar-refractivity contribution is 0.101. The minimum Gasteiger partial charge on any atom is -0.396 e. The molecule has 22 heavy (non-hydrogen) atoms. The molecule has 1 aromatic heterocycles. The second-order valence-electron chi connectivity index (χ2n) is 4.38. The van der Waals surface area contributed by atoms with Gasteiger partial charge in [0.05, 0.1) is 6.61 Å². The van der Waals surface area contributed by atoms with E-state index in [1.807, 2.05) is 0 Å². The van der Waals surface area contributed by atoms with Crippen LogP contribution in [0.2, 0.25) is 0 Å². The highest BCUT2D eigenvalue weighted by atomic mass is 32.2. The maximum Gasteiger partial charge on any atom is 0.262 e. The van der Waals surface area contributed by atoms with Crippen LogP contribution in [0.4, 0.5) is 14.6 Å². The number of halogens is 2. The average Bonchev–Trinajstić information content (AvgIpc) is 2.48. The number of rotatable bonds is 6. The lowest BCUT2D eigenvalue weighted by atomic mass is 10.2. The quantitative estimate of drug-likeness (QED) is 0.802. The van der Waals surface area contributed by atoms with Crippen molar-refractivity contribution in [1.82, 2.24) is 4.98 Å². The Kier molecular flexibility index (Phi) is 5.85. The number of pyridine rings is 1. The number of hydrogen-bond donors (Lipinski definition) is 2. The van der Waals surface area contributed by atoms with Crippen LogP contribution in [0.3, 0.4) is 0 Å². The molecule has 1 heterocycles. The molecule has 4 nitrogen and oxygen atoms in total. The summed E-state index contributed by atoms with van der Waals surface area (Å²) >= 11 is 1.52. The van der Waals surface area contributed by atoms with Crippen molar-refractivity contribution in [1.29, 1.82) is 0 Å². The molecule has 2 aromatic rings. The second kappa shape index (κ2) is 7.86. The highest BCUT2D eigenvalue weighted by Gasteiger charge is 2.17. The van der Waals surface area contributed by atoms with Crippen LogP contribution >= 0.6 is 11.8 Å². The van der Waals surface area contributed by atoms with E-state index in [0.717, 1.165) is 17.7 Å². The largest absolute Gasteiger partial charge is 0.396 e. The van der Waals surface area contributed by atoms with Crippen LogP contribution < -0.4 is 5.32 Å². The zero-order valence-corrected chi connectivity index (χ0v) is 12.4. The fourth-order valence-electron chi connectivity index (χ4n) is 1.78. The Morgan fingerprint density at radius 1 is 1.27 bits per heavy atom. The molecule has 1 aromatic carbocycles. The lowest BCUT2D eigenvalue weighted by Crippen LogP contribution is -2.16. The highest BCUT2D eigenvalue weighted by molar-refractivity contribution is 7.98. The van der Waals surface area contributed by atoms with Crippen LogP contribution in [0.1, 0.15) is 15.9 Å². The number of amides is 1. The van der Waals surface area contributed by atoms with Crippen LogP contribution in [-0.4, -0.2) is 28.4 Å². The molecule has 1 amide bonds. The molecule has 0 saturated carbocycles. The van der Waals surface area contributed by atoms with Gasteiger partial charge < -0.3 is 10.4 Å². The fraction of sp³-hybridized carbons (Fsp3) is 0.200. The van der Waals surface area contributed by atoms with Crippen molar-refractivity contribution in [3.05, 3.63) is 59.3 Å².